The van der Waals surface area contributed by atoms with Gasteiger partial charge in [0.15, 0.2) is 0 Å². The van der Waals surface area contributed by atoms with Gasteiger partial charge in [0.2, 0.25) is 0 Å². The average molecular weight is 471 g/mol. The summed E-state index contributed by atoms with van der Waals surface area (Å²) in [6.45, 7) is 4.60. The van der Waals surface area contributed by atoms with Crippen LogP contribution in [0, 0.1) is 12.7 Å². The van der Waals surface area contributed by atoms with Gasteiger partial charge in [-0.3, -0.25) is 4.79 Å². The van der Waals surface area contributed by atoms with Gasteiger partial charge in [0.05, 0.1) is 24.2 Å². The zero-order valence-electron chi connectivity index (χ0n) is 19.8. The molecule has 1 fully saturated rings. The first kappa shape index (κ1) is 22.7. The van der Waals surface area contributed by atoms with E-state index in [1.165, 1.54) is 12.1 Å². The fourth-order valence-electron chi connectivity index (χ4n) is 4.38. The molecule has 5 rings (SSSR count). The predicted octanol–water partition coefficient (Wildman–Crippen LogP) is 4.96. The zero-order valence-corrected chi connectivity index (χ0v) is 19.8. The molecule has 4 aromatic rings. The molecule has 1 aromatic heterocycles. The second kappa shape index (κ2) is 9.62. The van der Waals surface area contributed by atoms with Crippen molar-refractivity contribution < 1.29 is 13.9 Å². The molecule has 7 heteroatoms. The summed E-state index contributed by atoms with van der Waals surface area (Å²) in [5.74, 6) is 0.440. The van der Waals surface area contributed by atoms with E-state index in [1.807, 2.05) is 60.4 Å². The first-order valence-corrected chi connectivity index (χ1v) is 11.6. The first-order valence-electron chi connectivity index (χ1n) is 11.6. The van der Waals surface area contributed by atoms with Crippen molar-refractivity contribution in [1.82, 2.24) is 14.7 Å². The fraction of sp³-hybridized carbons (Fsp3) is 0.214. The molecule has 178 valence electrons. The maximum atomic E-state index is 13.7. The predicted molar refractivity (Wildman–Crippen MR) is 135 cm³/mol. The van der Waals surface area contributed by atoms with Gasteiger partial charge in [-0.05, 0) is 61.5 Å². The third kappa shape index (κ3) is 4.62. The van der Waals surface area contributed by atoms with Crippen LogP contribution in [-0.2, 0) is 0 Å². The van der Waals surface area contributed by atoms with Crippen LogP contribution in [-0.4, -0.2) is 53.9 Å². The van der Waals surface area contributed by atoms with Crippen molar-refractivity contribution in [1.29, 1.82) is 0 Å². The lowest BCUT2D eigenvalue weighted by Gasteiger charge is -2.36. The normalized spacial score (nSPS) is 13.7. The van der Waals surface area contributed by atoms with Gasteiger partial charge in [-0.2, -0.15) is 5.10 Å². The Morgan fingerprint density at radius 2 is 1.60 bits per heavy atom. The van der Waals surface area contributed by atoms with Crippen LogP contribution >= 0.6 is 0 Å². The summed E-state index contributed by atoms with van der Waals surface area (Å²) in [6, 6.07) is 23.8. The number of methoxy groups -OCH3 is 1. The minimum atomic E-state index is -0.309. The minimum absolute atomic E-state index is 0.0777. The summed E-state index contributed by atoms with van der Waals surface area (Å²) >= 11 is 0. The highest BCUT2D eigenvalue weighted by atomic mass is 19.1. The van der Waals surface area contributed by atoms with Crippen LogP contribution in [0.15, 0.2) is 78.9 Å². The smallest absolute Gasteiger partial charge is 0.272 e. The van der Waals surface area contributed by atoms with E-state index in [4.69, 9.17) is 9.84 Å². The molecule has 2 heterocycles. The van der Waals surface area contributed by atoms with Crippen LogP contribution in [0.5, 0.6) is 5.75 Å². The number of aryl methyl sites for hydroxylation is 1. The fourth-order valence-corrected chi connectivity index (χ4v) is 4.38. The maximum absolute atomic E-state index is 13.7. The highest BCUT2D eigenvalue weighted by Crippen LogP contribution is 2.29. The second-order valence-corrected chi connectivity index (χ2v) is 8.62. The number of halogens is 1. The summed E-state index contributed by atoms with van der Waals surface area (Å²) in [4.78, 5) is 17.8. The van der Waals surface area contributed by atoms with Gasteiger partial charge in [0.1, 0.15) is 17.3 Å². The number of rotatable bonds is 5. The SMILES string of the molecule is COc1ccccc1N1CCN(C(=O)c2cc(-c3ccc(F)cc3)nn2-c2ccc(C)cc2)CC1. The number of benzene rings is 3. The molecule has 0 N–H and O–H groups in total. The van der Waals surface area contributed by atoms with Crippen molar-refractivity contribution >= 4 is 11.6 Å². The number of ether oxygens (including phenoxy) is 1. The van der Waals surface area contributed by atoms with Crippen molar-refractivity contribution in [3.8, 4) is 22.7 Å². The molecule has 0 bridgehead atoms. The third-order valence-electron chi connectivity index (χ3n) is 6.34. The van der Waals surface area contributed by atoms with E-state index in [-0.39, 0.29) is 11.7 Å². The monoisotopic (exact) mass is 470 g/mol. The van der Waals surface area contributed by atoms with Gasteiger partial charge in [-0.1, -0.05) is 29.8 Å². The maximum Gasteiger partial charge on any atom is 0.272 e. The number of nitrogens with zero attached hydrogens (tertiary/aromatic N) is 4. The lowest BCUT2D eigenvalue weighted by atomic mass is 10.1. The van der Waals surface area contributed by atoms with Crippen molar-refractivity contribution in [3.63, 3.8) is 0 Å². The molecule has 0 spiro atoms. The number of aromatic nitrogens is 2. The Morgan fingerprint density at radius 3 is 2.29 bits per heavy atom. The van der Waals surface area contributed by atoms with E-state index in [0.717, 1.165) is 28.3 Å². The summed E-state index contributed by atoms with van der Waals surface area (Å²) in [5.41, 5.74) is 4.83. The molecule has 0 atom stereocenters. The van der Waals surface area contributed by atoms with E-state index in [1.54, 1.807) is 30.0 Å². The van der Waals surface area contributed by atoms with Crippen molar-refractivity contribution in [3.05, 3.63) is 95.9 Å². The molecule has 1 aliphatic rings. The molecule has 0 radical (unpaired) electrons. The Morgan fingerprint density at radius 1 is 0.914 bits per heavy atom. The largest absolute Gasteiger partial charge is 0.495 e. The molecule has 1 saturated heterocycles. The number of carbonyl (C=O) groups is 1. The summed E-state index contributed by atoms with van der Waals surface area (Å²) in [7, 11) is 1.67. The van der Waals surface area contributed by atoms with Crippen molar-refractivity contribution in [2.24, 2.45) is 0 Å². The molecule has 0 unspecified atom stereocenters. The summed E-state index contributed by atoms with van der Waals surface area (Å²) < 4.78 is 20.7. The zero-order chi connectivity index (χ0) is 24.4. The van der Waals surface area contributed by atoms with Gasteiger partial charge in [-0.25, -0.2) is 9.07 Å². The van der Waals surface area contributed by atoms with Crippen LogP contribution < -0.4 is 9.64 Å². The number of para-hydroxylation sites is 2. The molecule has 3 aromatic carbocycles. The van der Waals surface area contributed by atoms with Crippen LogP contribution in [0.25, 0.3) is 16.9 Å². The third-order valence-corrected chi connectivity index (χ3v) is 6.34. The standard InChI is InChI=1S/C28H27FN4O2/c1-20-7-13-23(14-8-20)33-26(19-24(30-33)21-9-11-22(29)12-10-21)28(34)32-17-15-31(16-18-32)25-5-3-4-6-27(25)35-2/h3-14,19H,15-18H2,1-2H3. The number of anilines is 1. The van der Waals surface area contributed by atoms with Crippen molar-refractivity contribution in [2.45, 2.75) is 6.92 Å². The van der Waals surface area contributed by atoms with E-state index in [0.29, 0.717) is 37.6 Å². The summed E-state index contributed by atoms with van der Waals surface area (Å²) in [6.07, 6.45) is 0. The van der Waals surface area contributed by atoms with Gasteiger partial charge >= 0.3 is 0 Å². The van der Waals surface area contributed by atoms with E-state index < -0.39 is 0 Å². The molecular formula is C28H27FN4O2. The van der Waals surface area contributed by atoms with E-state index in [2.05, 4.69) is 4.90 Å². The molecule has 1 amide bonds. The Bertz CT molecular complexity index is 1320. The molecule has 35 heavy (non-hydrogen) atoms. The Balaban J connectivity index is 1.42. The van der Waals surface area contributed by atoms with E-state index >= 15 is 0 Å². The molecule has 0 saturated carbocycles. The topological polar surface area (TPSA) is 50.6 Å². The molecule has 0 aliphatic carbocycles. The highest BCUT2D eigenvalue weighted by Gasteiger charge is 2.27. The van der Waals surface area contributed by atoms with Gasteiger partial charge in [0, 0.05) is 31.7 Å². The van der Waals surface area contributed by atoms with Gasteiger partial charge in [-0.15, -0.1) is 0 Å². The Hall–Kier alpha value is -4.13. The lowest BCUT2D eigenvalue weighted by Crippen LogP contribution is -2.49. The van der Waals surface area contributed by atoms with Gasteiger partial charge < -0.3 is 14.5 Å². The minimum Gasteiger partial charge on any atom is -0.495 e. The average Bonchev–Trinajstić information content (AvgIpc) is 3.34. The van der Waals surface area contributed by atoms with Crippen LogP contribution in [0.1, 0.15) is 16.1 Å². The molecule has 6 nitrogen and oxygen atoms in total. The van der Waals surface area contributed by atoms with E-state index in [9.17, 15) is 9.18 Å². The lowest BCUT2D eigenvalue weighted by molar-refractivity contribution is 0.0737. The number of carbonyl (C=O) groups excluding carboxylic acids is 1. The number of hydrogen-bond donors (Lipinski definition) is 0. The first-order chi connectivity index (χ1) is 17.0. The van der Waals surface area contributed by atoms with Crippen LogP contribution in [0.4, 0.5) is 10.1 Å². The summed E-state index contributed by atoms with van der Waals surface area (Å²) in [5, 5.41) is 4.73. The highest BCUT2D eigenvalue weighted by molar-refractivity contribution is 5.94. The van der Waals surface area contributed by atoms with Crippen molar-refractivity contribution in [2.75, 3.05) is 38.2 Å². The van der Waals surface area contributed by atoms with Gasteiger partial charge in [0.25, 0.3) is 5.91 Å². The number of hydrogen-bond acceptors (Lipinski definition) is 4. The quantitative estimate of drug-likeness (QED) is 0.414. The van der Waals surface area contributed by atoms with Crippen LogP contribution in [0.3, 0.4) is 0 Å². The molecular weight excluding hydrogens is 443 g/mol. The number of amides is 1. The Kier molecular flexibility index (Phi) is 6.23. The Labute approximate surface area is 204 Å². The van der Waals surface area contributed by atoms with Crippen LogP contribution in [0.2, 0.25) is 0 Å². The number of piperazine rings is 1. The second-order valence-electron chi connectivity index (χ2n) is 8.62. The molecule has 1 aliphatic heterocycles.